The van der Waals surface area contributed by atoms with Crippen LogP contribution in [0.1, 0.15) is 13.8 Å². The summed E-state index contributed by atoms with van der Waals surface area (Å²) in [5.41, 5.74) is 8.15. The first kappa shape index (κ1) is 7.88. The van der Waals surface area contributed by atoms with Crippen molar-refractivity contribution in [3.8, 4) is 0 Å². The zero-order valence-electron chi connectivity index (χ0n) is 5.52. The molecular weight excluding hydrogens is 102 g/mol. The normalized spacial score (nSPS) is 10.5. The summed E-state index contributed by atoms with van der Waals surface area (Å²) in [6, 6.07) is 0. The van der Waals surface area contributed by atoms with Gasteiger partial charge in [0.2, 0.25) is 0 Å². The molecule has 0 aliphatic carbocycles. The topological polar surface area (TPSA) is 41.3 Å². The Bertz CT molecular complexity index is 42.9. The third kappa shape index (κ3) is 2.96. The van der Waals surface area contributed by atoms with Crippen molar-refractivity contribution in [2.45, 2.75) is 13.8 Å². The Morgan fingerprint density at radius 2 is 2.38 bits per heavy atom. The first-order chi connectivity index (χ1) is 3.85. The van der Waals surface area contributed by atoms with Crippen LogP contribution in [0.5, 0.6) is 0 Å². The molecule has 0 amide bonds. The minimum absolute atomic E-state index is 0.498. The van der Waals surface area contributed by atoms with Crippen molar-refractivity contribution >= 4 is 0 Å². The molecule has 1 radical (unpaired) electrons. The van der Waals surface area contributed by atoms with E-state index in [4.69, 9.17) is 5.73 Å². The maximum Gasteiger partial charge on any atom is 0.0567 e. The van der Waals surface area contributed by atoms with Crippen molar-refractivity contribution in [2.75, 3.05) is 13.2 Å². The van der Waals surface area contributed by atoms with Gasteiger partial charge < -0.3 is 5.73 Å². The minimum Gasteiger partial charge on any atom is -0.317 e. The smallest absolute Gasteiger partial charge is 0.0567 e. The molecule has 0 bridgehead atoms. The number of nitrogens with zero attached hydrogens (tertiary/aromatic N) is 1. The zero-order valence-corrected chi connectivity index (χ0v) is 5.52. The van der Waals surface area contributed by atoms with Gasteiger partial charge in [-0.3, -0.25) is 0 Å². The Hall–Kier alpha value is -0.120. The predicted molar refractivity (Wildman–Crippen MR) is 34.5 cm³/mol. The number of hydrazine groups is 1. The maximum absolute atomic E-state index is 5.21. The molecule has 0 aromatic rings. The Morgan fingerprint density at radius 3 is 2.50 bits per heavy atom. The summed E-state index contributed by atoms with van der Waals surface area (Å²) >= 11 is 0. The third-order valence-corrected chi connectivity index (χ3v) is 0.947. The standard InChI is InChI=1S/C5H14N3/c1-3-8(4-2)7-5-6/h3,7H,4-6H2,1-2H3. The SMILES string of the molecule is C[CH]N(CC)NCN. The average molecular weight is 116 g/mol. The second kappa shape index (κ2) is 5.03. The van der Waals surface area contributed by atoms with Crippen molar-refractivity contribution in [1.29, 1.82) is 0 Å². The van der Waals surface area contributed by atoms with E-state index >= 15 is 0 Å². The van der Waals surface area contributed by atoms with Crippen molar-refractivity contribution in [3.63, 3.8) is 0 Å². The first-order valence-corrected chi connectivity index (χ1v) is 2.84. The summed E-state index contributed by atoms with van der Waals surface area (Å²) < 4.78 is 0. The van der Waals surface area contributed by atoms with E-state index in [1.54, 1.807) is 0 Å². The van der Waals surface area contributed by atoms with Gasteiger partial charge in [0, 0.05) is 13.1 Å². The molecule has 0 fully saturated rings. The summed E-state index contributed by atoms with van der Waals surface area (Å²) in [6.45, 7) is 7.42. The van der Waals surface area contributed by atoms with Crippen LogP contribution in [0.4, 0.5) is 0 Å². The van der Waals surface area contributed by atoms with Crippen LogP contribution in [0.15, 0.2) is 0 Å². The highest BCUT2D eigenvalue weighted by molar-refractivity contribution is 4.53. The van der Waals surface area contributed by atoms with Crippen LogP contribution < -0.4 is 11.2 Å². The molecule has 3 nitrogen and oxygen atoms in total. The van der Waals surface area contributed by atoms with E-state index in [-0.39, 0.29) is 0 Å². The van der Waals surface area contributed by atoms with Gasteiger partial charge >= 0.3 is 0 Å². The summed E-state index contributed by atoms with van der Waals surface area (Å²) in [5, 5.41) is 1.93. The molecule has 49 valence electrons. The van der Waals surface area contributed by atoms with E-state index in [0.29, 0.717) is 6.67 Å². The van der Waals surface area contributed by atoms with Crippen molar-refractivity contribution in [2.24, 2.45) is 5.73 Å². The molecule has 0 rings (SSSR count). The van der Waals surface area contributed by atoms with E-state index in [0.717, 1.165) is 6.54 Å². The van der Waals surface area contributed by atoms with Crippen molar-refractivity contribution < 1.29 is 0 Å². The van der Waals surface area contributed by atoms with E-state index in [1.165, 1.54) is 0 Å². The largest absolute Gasteiger partial charge is 0.317 e. The molecule has 0 saturated heterocycles. The average Bonchev–Trinajstić information content (AvgIpc) is 1.83. The van der Waals surface area contributed by atoms with Gasteiger partial charge in [-0.15, -0.1) is 0 Å². The molecule has 8 heavy (non-hydrogen) atoms. The Morgan fingerprint density at radius 1 is 1.75 bits per heavy atom. The van der Waals surface area contributed by atoms with Gasteiger partial charge in [0.1, 0.15) is 0 Å². The Kier molecular flexibility index (Phi) is 4.95. The fraction of sp³-hybridized carbons (Fsp3) is 0.800. The monoisotopic (exact) mass is 116 g/mol. The van der Waals surface area contributed by atoms with E-state index in [1.807, 2.05) is 18.5 Å². The van der Waals surface area contributed by atoms with Crippen molar-refractivity contribution in [3.05, 3.63) is 6.54 Å². The highest BCUT2D eigenvalue weighted by Crippen LogP contribution is 1.81. The molecule has 3 heteroatoms. The van der Waals surface area contributed by atoms with Gasteiger partial charge in [0.15, 0.2) is 0 Å². The fourth-order valence-electron chi connectivity index (χ4n) is 0.503. The van der Waals surface area contributed by atoms with Gasteiger partial charge in [-0.25, -0.2) is 10.4 Å². The number of nitrogens with one attached hydrogen (secondary N) is 1. The van der Waals surface area contributed by atoms with Gasteiger partial charge in [-0.1, -0.05) is 6.92 Å². The summed E-state index contributed by atoms with van der Waals surface area (Å²) in [4.78, 5) is 0. The molecule has 0 atom stereocenters. The van der Waals surface area contributed by atoms with Gasteiger partial charge in [0.05, 0.1) is 6.67 Å². The maximum atomic E-state index is 5.21. The first-order valence-electron chi connectivity index (χ1n) is 2.84. The Labute approximate surface area is 50.8 Å². The molecule has 0 unspecified atom stereocenters. The lowest BCUT2D eigenvalue weighted by molar-refractivity contribution is 0.255. The number of hydrogen-bond acceptors (Lipinski definition) is 3. The molecule has 0 aromatic heterocycles. The molecular formula is C5H14N3. The highest BCUT2D eigenvalue weighted by Gasteiger charge is 1.91. The molecule has 0 heterocycles. The zero-order chi connectivity index (χ0) is 6.41. The molecule has 3 N–H and O–H groups in total. The van der Waals surface area contributed by atoms with Gasteiger partial charge in [0.25, 0.3) is 0 Å². The molecule has 0 saturated carbocycles. The molecule has 0 aliphatic heterocycles. The minimum atomic E-state index is 0.498. The quantitative estimate of drug-likeness (QED) is 0.398. The second-order valence-electron chi connectivity index (χ2n) is 1.41. The van der Waals surface area contributed by atoms with Gasteiger partial charge in [-0.2, -0.15) is 0 Å². The molecule has 0 spiro atoms. The van der Waals surface area contributed by atoms with Crippen molar-refractivity contribution in [1.82, 2.24) is 10.4 Å². The lowest BCUT2D eigenvalue weighted by Gasteiger charge is -2.16. The van der Waals surface area contributed by atoms with Crippen LogP contribution in [-0.2, 0) is 0 Å². The summed E-state index contributed by atoms with van der Waals surface area (Å²) in [7, 11) is 0. The lowest BCUT2D eigenvalue weighted by Crippen LogP contribution is -2.38. The highest BCUT2D eigenvalue weighted by atomic mass is 15.5. The number of rotatable bonds is 4. The van der Waals surface area contributed by atoms with Crippen LogP contribution in [0, 0.1) is 6.54 Å². The van der Waals surface area contributed by atoms with Crippen LogP contribution in [0.25, 0.3) is 0 Å². The van der Waals surface area contributed by atoms with E-state index in [2.05, 4.69) is 12.3 Å². The van der Waals surface area contributed by atoms with Crippen LogP contribution >= 0.6 is 0 Å². The number of nitrogens with two attached hydrogens (primary N) is 1. The summed E-state index contributed by atoms with van der Waals surface area (Å²) in [6.07, 6.45) is 0. The lowest BCUT2D eigenvalue weighted by atomic mass is 10.6. The van der Waals surface area contributed by atoms with E-state index < -0.39 is 0 Å². The second-order valence-corrected chi connectivity index (χ2v) is 1.41. The molecule has 0 aromatic carbocycles. The van der Waals surface area contributed by atoms with Crippen LogP contribution in [0.2, 0.25) is 0 Å². The third-order valence-electron chi connectivity index (χ3n) is 0.947. The Balaban J connectivity index is 3.07. The van der Waals surface area contributed by atoms with Crippen LogP contribution in [0.3, 0.4) is 0 Å². The fourth-order valence-corrected chi connectivity index (χ4v) is 0.503. The predicted octanol–water partition coefficient (Wildman–Crippen LogP) is -0.0892. The number of hydrogen-bond donors (Lipinski definition) is 2. The van der Waals surface area contributed by atoms with E-state index in [9.17, 15) is 0 Å². The van der Waals surface area contributed by atoms with Crippen LogP contribution in [-0.4, -0.2) is 18.2 Å². The molecule has 0 aliphatic rings. The summed E-state index contributed by atoms with van der Waals surface area (Å²) in [5.74, 6) is 0. The van der Waals surface area contributed by atoms with Gasteiger partial charge in [-0.05, 0) is 6.92 Å².